The van der Waals surface area contributed by atoms with E-state index >= 15 is 0 Å². The predicted octanol–water partition coefficient (Wildman–Crippen LogP) is 3.46. The number of hydrogen-bond donors (Lipinski definition) is 2. The summed E-state index contributed by atoms with van der Waals surface area (Å²) >= 11 is 0. The minimum Gasteiger partial charge on any atom is -0.378 e. The first kappa shape index (κ1) is 19.8. The minimum absolute atomic E-state index is 0. The average Bonchev–Trinajstić information content (AvgIpc) is 3.38. The molecule has 134 valence electrons. The van der Waals surface area contributed by atoms with Crippen LogP contribution in [0.5, 0.6) is 0 Å². The van der Waals surface area contributed by atoms with Gasteiger partial charge in [-0.2, -0.15) is 41.2 Å². The molecule has 1 aromatic heterocycles. The SMILES string of the molecule is CC(=O)c1ccc[c-]1[SH]1C(N)=NN=C1c1ccncc1.[Fe+2].c1cc[cH-]c1. The summed E-state index contributed by atoms with van der Waals surface area (Å²) in [6.07, 6.45) is 3.41. The van der Waals surface area contributed by atoms with Gasteiger partial charge in [0.15, 0.2) is 5.17 Å². The van der Waals surface area contributed by atoms with Crippen molar-refractivity contribution in [1.29, 1.82) is 0 Å². The topological polar surface area (TPSA) is 80.7 Å². The van der Waals surface area contributed by atoms with Crippen LogP contribution in [0.25, 0.3) is 0 Å². The van der Waals surface area contributed by atoms with Crippen molar-refractivity contribution in [2.45, 2.75) is 11.8 Å². The van der Waals surface area contributed by atoms with Gasteiger partial charge in [0, 0.05) is 18.0 Å². The molecule has 0 saturated heterocycles. The van der Waals surface area contributed by atoms with Crippen molar-refractivity contribution in [1.82, 2.24) is 4.98 Å². The Balaban J connectivity index is 0.000000351. The predicted molar refractivity (Wildman–Crippen MR) is 104 cm³/mol. The number of ketones is 1. The third-order valence-corrected chi connectivity index (χ3v) is 5.79. The molecule has 0 bridgehead atoms. The van der Waals surface area contributed by atoms with Gasteiger partial charge in [-0.15, -0.1) is 21.8 Å². The van der Waals surface area contributed by atoms with Crippen LogP contribution in [0.2, 0.25) is 0 Å². The van der Waals surface area contributed by atoms with Crippen LogP contribution >= 0.6 is 10.9 Å². The molecule has 26 heavy (non-hydrogen) atoms. The van der Waals surface area contributed by atoms with Gasteiger partial charge in [0.25, 0.3) is 0 Å². The van der Waals surface area contributed by atoms with E-state index < -0.39 is 10.9 Å². The summed E-state index contributed by atoms with van der Waals surface area (Å²) < 4.78 is 0. The molecule has 0 fully saturated rings. The van der Waals surface area contributed by atoms with Gasteiger partial charge in [0.05, 0.1) is 5.78 Å². The van der Waals surface area contributed by atoms with Crippen LogP contribution in [0.15, 0.2) is 88.2 Å². The van der Waals surface area contributed by atoms with Crippen molar-refractivity contribution < 1.29 is 21.9 Å². The summed E-state index contributed by atoms with van der Waals surface area (Å²) in [5, 5.41) is 9.49. The van der Waals surface area contributed by atoms with Crippen molar-refractivity contribution in [3.63, 3.8) is 0 Å². The van der Waals surface area contributed by atoms with E-state index in [2.05, 4.69) is 15.2 Å². The largest absolute Gasteiger partial charge is 2.00 e. The van der Waals surface area contributed by atoms with E-state index in [1.807, 2.05) is 60.7 Å². The van der Waals surface area contributed by atoms with Gasteiger partial charge < -0.3 is 10.5 Å². The molecule has 0 saturated carbocycles. The maximum absolute atomic E-state index is 11.7. The number of carbonyl (C=O) groups excluding carboxylic acids is 1. The van der Waals surface area contributed by atoms with Crippen molar-refractivity contribution in [3.8, 4) is 0 Å². The number of nitrogens with two attached hydrogens (primary N) is 1. The van der Waals surface area contributed by atoms with Crippen LogP contribution in [0.3, 0.4) is 0 Å². The van der Waals surface area contributed by atoms with Crippen LogP contribution < -0.4 is 5.73 Å². The molecule has 1 aliphatic heterocycles. The van der Waals surface area contributed by atoms with Gasteiger partial charge in [0.1, 0.15) is 5.04 Å². The maximum Gasteiger partial charge on any atom is 2.00 e. The number of aromatic nitrogens is 1. The summed E-state index contributed by atoms with van der Waals surface area (Å²) in [6, 6.07) is 19.4. The van der Waals surface area contributed by atoms with Gasteiger partial charge in [-0.1, -0.05) is 4.90 Å². The number of amidine groups is 1. The van der Waals surface area contributed by atoms with Crippen LogP contribution in [0, 0.1) is 0 Å². The van der Waals surface area contributed by atoms with Crippen molar-refractivity contribution in [2.75, 3.05) is 0 Å². The Hall–Kier alpha value is -2.47. The van der Waals surface area contributed by atoms with Crippen LogP contribution in [-0.2, 0) is 17.1 Å². The second-order valence-corrected chi connectivity index (χ2v) is 7.33. The Bertz CT molecular complexity index is 884. The second-order valence-electron chi connectivity index (χ2n) is 5.30. The van der Waals surface area contributed by atoms with Gasteiger partial charge in [-0.05, 0) is 19.1 Å². The molecule has 2 N–H and O–H groups in total. The Kier molecular flexibility index (Phi) is 7.09. The van der Waals surface area contributed by atoms with Gasteiger partial charge in [-0.25, -0.2) is 12.1 Å². The zero-order valence-corrected chi connectivity index (χ0v) is 16.1. The second kappa shape index (κ2) is 9.29. The van der Waals surface area contributed by atoms with Crippen LogP contribution in [0.4, 0.5) is 0 Å². The number of nitrogens with zero attached hydrogens (tertiary/aromatic N) is 3. The molecule has 0 spiro atoms. The summed E-state index contributed by atoms with van der Waals surface area (Å²) in [6.45, 7) is 1.56. The maximum atomic E-state index is 11.7. The van der Waals surface area contributed by atoms with E-state index in [1.54, 1.807) is 19.3 Å². The molecule has 4 rings (SSSR count). The molecule has 1 aliphatic rings. The zero-order valence-electron chi connectivity index (χ0n) is 14.1. The molecule has 2 heterocycles. The molecule has 7 heteroatoms. The molecule has 0 amide bonds. The third kappa shape index (κ3) is 4.38. The fraction of sp³-hybridized carbons (Fsp3) is 0.0526. The first-order valence-corrected chi connectivity index (χ1v) is 9.07. The molecule has 1 atom stereocenters. The van der Waals surface area contributed by atoms with Crippen molar-refractivity contribution in [2.24, 2.45) is 15.9 Å². The quantitative estimate of drug-likeness (QED) is 0.303. The van der Waals surface area contributed by atoms with Crippen LogP contribution in [-0.4, -0.2) is 21.0 Å². The monoisotopic (exact) mass is 406 g/mol. The van der Waals surface area contributed by atoms with E-state index in [4.69, 9.17) is 5.73 Å². The molecule has 3 aromatic rings. The summed E-state index contributed by atoms with van der Waals surface area (Å²) in [5.74, 6) is 0.0290. The van der Waals surface area contributed by atoms with Crippen molar-refractivity contribution >= 4 is 26.9 Å². The fourth-order valence-corrected chi connectivity index (χ4v) is 4.52. The molecular weight excluding hydrogens is 388 g/mol. The number of Topliss-reactive ketones (excluding diaryl/α,β-unsaturated/α-hetero) is 1. The number of thiol groups is 1. The summed E-state index contributed by atoms with van der Waals surface area (Å²) in [4.78, 5) is 16.6. The number of pyridine rings is 1. The van der Waals surface area contributed by atoms with Gasteiger partial charge >= 0.3 is 17.1 Å². The number of hydrogen-bond acceptors (Lipinski definition) is 5. The molecule has 0 aliphatic carbocycles. The van der Waals surface area contributed by atoms with Crippen LogP contribution in [0.1, 0.15) is 22.8 Å². The molecule has 1 unspecified atom stereocenters. The smallest absolute Gasteiger partial charge is 0.378 e. The number of carbonyl (C=O) groups is 1. The summed E-state index contributed by atoms with van der Waals surface area (Å²) in [5.41, 5.74) is 7.63. The Labute approximate surface area is 165 Å². The van der Waals surface area contributed by atoms with Gasteiger partial charge in [-0.3, -0.25) is 4.98 Å². The average molecular weight is 406 g/mol. The standard InChI is InChI=1S/C14H13N4OS.C5H5.Fe/c1-9(19)11-3-2-4-12(11)20-13(17-18-14(20)15)10-5-7-16-8-6-10;1-2-4-5-3-1;/h2-8,20H,1H3,(H2,15,18);1-5H;/q2*-1;+2. The first-order chi connectivity index (χ1) is 12.2. The Morgan fingerprint density at radius 2 is 1.81 bits per heavy atom. The molecular formula is C19H18FeN4OS. The minimum atomic E-state index is -1.03. The molecule has 0 radical (unpaired) electrons. The number of rotatable bonds is 3. The van der Waals surface area contributed by atoms with E-state index in [0.29, 0.717) is 10.7 Å². The molecule has 5 nitrogen and oxygen atoms in total. The Morgan fingerprint density at radius 1 is 1.12 bits per heavy atom. The summed E-state index contributed by atoms with van der Waals surface area (Å²) in [7, 11) is -1.03. The van der Waals surface area contributed by atoms with E-state index in [0.717, 1.165) is 15.5 Å². The Morgan fingerprint density at radius 3 is 2.38 bits per heavy atom. The zero-order chi connectivity index (χ0) is 17.6. The normalized spacial score (nSPS) is 16.6. The van der Waals surface area contributed by atoms with Crippen molar-refractivity contribution in [3.05, 3.63) is 84.2 Å². The van der Waals surface area contributed by atoms with E-state index in [-0.39, 0.29) is 22.9 Å². The van der Waals surface area contributed by atoms with E-state index in [1.165, 1.54) is 0 Å². The first-order valence-electron chi connectivity index (χ1n) is 7.73. The van der Waals surface area contributed by atoms with Gasteiger partial charge in [0.2, 0.25) is 0 Å². The van der Waals surface area contributed by atoms with E-state index in [9.17, 15) is 4.79 Å². The third-order valence-electron chi connectivity index (χ3n) is 3.60. The molecule has 2 aromatic carbocycles. The fourth-order valence-electron chi connectivity index (χ4n) is 2.45.